The van der Waals surface area contributed by atoms with E-state index in [1.54, 1.807) is 13.3 Å². The summed E-state index contributed by atoms with van der Waals surface area (Å²) < 4.78 is 11.8. The maximum atomic E-state index is 13.5. The van der Waals surface area contributed by atoms with Crippen LogP contribution >= 0.6 is 0 Å². The molecule has 2 heterocycles. The van der Waals surface area contributed by atoms with Gasteiger partial charge in [0.25, 0.3) is 5.91 Å². The number of carbonyl (C=O) groups excluding carboxylic acids is 1. The predicted molar refractivity (Wildman–Crippen MR) is 138 cm³/mol. The molecule has 0 spiro atoms. The van der Waals surface area contributed by atoms with Gasteiger partial charge in [0.05, 0.1) is 39.8 Å². The van der Waals surface area contributed by atoms with Gasteiger partial charge in [-0.25, -0.2) is 0 Å². The summed E-state index contributed by atoms with van der Waals surface area (Å²) in [6.07, 6.45) is 4.64. The first-order valence-corrected chi connectivity index (χ1v) is 13.0. The summed E-state index contributed by atoms with van der Waals surface area (Å²) in [5, 5.41) is 4.35. The number of nitrogens with one attached hydrogen (secondary N) is 1. The van der Waals surface area contributed by atoms with Crippen molar-refractivity contribution in [2.45, 2.75) is 43.5 Å². The molecule has 1 saturated carbocycles. The maximum absolute atomic E-state index is 13.5. The zero-order valence-electron chi connectivity index (χ0n) is 20.2. The van der Waals surface area contributed by atoms with Crippen LogP contribution in [0.1, 0.15) is 40.7 Å². The molecular formula is C26H32N4O3Si. The highest BCUT2D eigenvalue weighted by atomic mass is 28.1. The molecule has 34 heavy (non-hydrogen) atoms. The lowest BCUT2D eigenvalue weighted by atomic mass is 9.97. The number of carbonyl (C=O) groups is 1. The molecule has 1 aromatic heterocycles. The molecule has 0 radical (unpaired) electrons. The molecule has 1 unspecified atom stereocenters. The molecule has 7 nitrogen and oxygen atoms in total. The second kappa shape index (κ2) is 8.59. The van der Waals surface area contributed by atoms with Gasteiger partial charge in [0.2, 0.25) is 0 Å². The minimum Gasteiger partial charge on any atom is -0.497 e. The smallest absolute Gasteiger partial charge is 0.252 e. The fourth-order valence-corrected chi connectivity index (χ4v) is 6.10. The number of fused-ring (bicyclic) bond motifs is 1. The number of hydrogen-bond donors (Lipinski definition) is 2. The molecular weight excluding hydrogens is 444 g/mol. The van der Waals surface area contributed by atoms with E-state index in [4.69, 9.17) is 15.2 Å². The number of benzene rings is 2. The number of aryl methyl sites for hydroxylation is 1. The fraction of sp³-hybridized carbons (Fsp3) is 0.385. The number of rotatable bonds is 7. The van der Waals surface area contributed by atoms with Gasteiger partial charge in [-0.05, 0) is 75.2 Å². The van der Waals surface area contributed by atoms with Crippen molar-refractivity contribution in [2.75, 3.05) is 26.4 Å². The lowest BCUT2D eigenvalue weighted by Gasteiger charge is -2.41. The van der Waals surface area contributed by atoms with Crippen molar-refractivity contribution in [1.82, 2.24) is 15.2 Å². The Bertz CT molecular complexity index is 1260. The highest BCUT2D eigenvalue weighted by molar-refractivity contribution is 6.12. The summed E-state index contributed by atoms with van der Waals surface area (Å²) in [6, 6.07) is 12.0. The lowest BCUT2D eigenvalue weighted by molar-refractivity contribution is 0.0566. The average molecular weight is 477 g/mol. The molecule has 5 rings (SSSR count). The number of aromatic nitrogens is 1. The minimum absolute atomic E-state index is 0.120. The Kier molecular flexibility index (Phi) is 5.73. The molecule has 2 aliphatic rings. The second-order valence-corrected chi connectivity index (χ2v) is 10.8. The Morgan fingerprint density at radius 1 is 1.32 bits per heavy atom. The quantitative estimate of drug-likeness (QED) is 0.402. The molecule has 3 N–H and O–H groups in total. The zero-order chi connectivity index (χ0) is 24.0. The van der Waals surface area contributed by atoms with Gasteiger partial charge >= 0.3 is 0 Å². The maximum Gasteiger partial charge on any atom is 0.252 e. The summed E-state index contributed by atoms with van der Waals surface area (Å²) in [7, 11) is 4.65. The number of ether oxygens (including phenoxy) is 2. The number of nitrogens with two attached hydrogens (primary N) is 1. The van der Waals surface area contributed by atoms with Crippen molar-refractivity contribution in [2.24, 2.45) is 0 Å². The first-order valence-electron chi connectivity index (χ1n) is 11.8. The van der Waals surface area contributed by atoms with Gasteiger partial charge in [-0.2, -0.15) is 0 Å². The van der Waals surface area contributed by atoms with Crippen LogP contribution < -0.4 is 20.5 Å². The average Bonchev–Trinajstić information content (AvgIpc) is 3.59. The zero-order valence-corrected chi connectivity index (χ0v) is 22.2. The number of hydrogen-bond acceptors (Lipinski definition) is 6. The van der Waals surface area contributed by atoms with Gasteiger partial charge in [-0.15, -0.1) is 0 Å². The van der Waals surface area contributed by atoms with Crippen molar-refractivity contribution >= 4 is 32.7 Å². The molecule has 3 aromatic rings. The Balaban J connectivity index is 1.43. The van der Waals surface area contributed by atoms with Crippen LogP contribution in [0, 0.1) is 6.92 Å². The standard InChI is InChI=1S/C26H32N4O3Si/c1-15-11-20(27)23(33-25(34)22-6-10-30(22)2)14-18(15)24(31)29-26(7-8-26)19-12-16(32-3)13-21-17(19)5-4-9-28-21/h4-5,9,11-14,22,25H,6-8,10,27H2,1-3,34H3,(H,29,31)/t22-,25?/m0/s1. The van der Waals surface area contributed by atoms with E-state index < -0.39 is 5.54 Å². The van der Waals surface area contributed by atoms with E-state index in [1.807, 2.05) is 43.3 Å². The van der Waals surface area contributed by atoms with E-state index >= 15 is 0 Å². The Morgan fingerprint density at radius 2 is 2.12 bits per heavy atom. The third-order valence-electron chi connectivity index (χ3n) is 7.35. The molecule has 178 valence electrons. The SMILES string of the molecule is COc1cc(C2(NC(=O)c3cc(OC([SiH3])[C@@H]4CCN4C)c(N)cc3C)CC2)c2cccnc2c1. The van der Waals surface area contributed by atoms with Crippen LogP contribution in [0.4, 0.5) is 5.69 Å². The van der Waals surface area contributed by atoms with Crippen molar-refractivity contribution in [3.63, 3.8) is 0 Å². The van der Waals surface area contributed by atoms with Crippen molar-refractivity contribution < 1.29 is 14.3 Å². The predicted octanol–water partition coefficient (Wildman–Crippen LogP) is 2.33. The molecule has 1 aliphatic carbocycles. The van der Waals surface area contributed by atoms with Crippen LogP contribution in [0.3, 0.4) is 0 Å². The van der Waals surface area contributed by atoms with Crippen molar-refractivity contribution in [3.05, 3.63) is 59.3 Å². The van der Waals surface area contributed by atoms with Gasteiger partial charge in [0.1, 0.15) is 11.5 Å². The molecule has 1 amide bonds. The number of anilines is 1. The number of nitrogen functional groups attached to an aromatic ring is 1. The third kappa shape index (κ3) is 4.01. The van der Waals surface area contributed by atoms with E-state index in [0.717, 1.165) is 63.8 Å². The fourth-order valence-electron chi connectivity index (χ4n) is 5.01. The van der Waals surface area contributed by atoms with E-state index in [9.17, 15) is 4.79 Å². The largest absolute Gasteiger partial charge is 0.497 e. The number of amides is 1. The number of methoxy groups -OCH3 is 1. The topological polar surface area (TPSA) is 89.7 Å². The first kappa shape index (κ1) is 22.7. The number of likely N-dealkylation sites (N-methyl/N-ethyl adjacent to an activating group) is 1. The lowest BCUT2D eigenvalue weighted by Crippen LogP contribution is -2.54. The summed E-state index contributed by atoms with van der Waals surface area (Å²) in [6.45, 7) is 3.01. The summed E-state index contributed by atoms with van der Waals surface area (Å²) in [5.41, 5.74) is 9.88. The van der Waals surface area contributed by atoms with E-state index in [0.29, 0.717) is 23.0 Å². The number of nitrogens with zero attached hydrogens (tertiary/aromatic N) is 2. The van der Waals surface area contributed by atoms with Gasteiger partial charge in [-0.1, -0.05) is 6.07 Å². The molecule has 2 atom stereocenters. The van der Waals surface area contributed by atoms with Crippen LogP contribution in [0.15, 0.2) is 42.6 Å². The van der Waals surface area contributed by atoms with Gasteiger partial charge in [-0.3, -0.25) is 9.78 Å². The monoisotopic (exact) mass is 476 g/mol. The molecule has 2 aromatic carbocycles. The van der Waals surface area contributed by atoms with Crippen molar-refractivity contribution in [1.29, 1.82) is 0 Å². The van der Waals surface area contributed by atoms with Crippen LogP contribution in [-0.2, 0) is 5.54 Å². The van der Waals surface area contributed by atoms with Crippen molar-refractivity contribution in [3.8, 4) is 11.5 Å². The van der Waals surface area contributed by atoms with Crippen LogP contribution in [0.2, 0.25) is 0 Å². The number of pyridine rings is 1. The van der Waals surface area contributed by atoms with Gasteiger partial charge < -0.3 is 25.4 Å². The first-order chi connectivity index (χ1) is 16.3. The number of likely N-dealkylation sites (tertiary alicyclic amines) is 1. The van der Waals surface area contributed by atoms with E-state index in [-0.39, 0.29) is 11.6 Å². The minimum atomic E-state index is -0.434. The second-order valence-electron chi connectivity index (χ2n) is 9.65. The van der Waals surface area contributed by atoms with Gasteiger partial charge in [0.15, 0.2) is 0 Å². The molecule has 0 bridgehead atoms. The van der Waals surface area contributed by atoms with Crippen LogP contribution in [0.25, 0.3) is 10.9 Å². The van der Waals surface area contributed by atoms with Crippen LogP contribution in [0.5, 0.6) is 11.5 Å². The van der Waals surface area contributed by atoms with Crippen LogP contribution in [-0.4, -0.2) is 58.5 Å². The normalized spacial score (nSPS) is 19.9. The Hall–Kier alpha value is -3.10. The molecule has 1 aliphatic heterocycles. The van der Waals surface area contributed by atoms with E-state index in [1.165, 1.54) is 0 Å². The highest BCUT2D eigenvalue weighted by Crippen LogP contribution is 2.49. The van der Waals surface area contributed by atoms with Gasteiger partial charge in [0, 0.05) is 29.3 Å². The Morgan fingerprint density at radius 3 is 2.76 bits per heavy atom. The Labute approximate surface area is 203 Å². The summed E-state index contributed by atoms with van der Waals surface area (Å²) >= 11 is 0. The third-order valence-corrected chi connectivity index (χ3v) is 8.35. The molecule has 1 saturated heterocycles. The molecule has 2 fully saturated rings. The summed E-state index contributed by atoms with van der Waals surface area (Å²) in [5.74, 6) is 1.21. The van der Waals surface area contributed by atoms with E-state index in [2.05, 4.69) is 22.2 Å². The summed E-state index contributed by atoms with van der Waals surface area (Å²) in [4.78, 5) is 20.3. The molecule has 8 heteroatoms. The highest BCUT2D eigenvalue weighted by Gasteiger charge is 2.47.